The van der Waals surface area contributed by atoms with Crippen molar-refractivity contribution in [2.45, 2.75) is 377 Å². The topological polar surface area (TPSA) is 206 Å². The van der Waals surface area contributed by atoms with Crippen molar-refractivity contribution >= 4 is 11.9 Å². The highest BCUT2D eigenvalue weighted by atomic mass is 16.6. The molecule has 0 bridgehead atoms. The fraction of sp³-hybridized carbons (Fsp3) is 0.678. The fourth-order valence-corrected chi connectivity index (χ4v) is 16.0. The first-order valence-corrected chi connectivity index (χ1v) is 38.9. The van der Waals surface area contributed by atoms with E-state index in [4.69, 9.17) is 9.47 Å². The summed E-state index contributed by atoms with van der Waals surface area (Å²) in [6.07, 6.45) is 4.44. The third-order valence-corrected chi connectivity index (χ3v) is 22.8. The summed E-state index contributed by atoms with van der Waals surface area (Å²) in [5.74, 6) is -1.77. The second-order valence-corrected chi connectivity index (χ2v) is 42.2. The normalized spacial score (nSPS) is 17.6. The lowest BCUT2D eigenvalue weighted by Crippen LogP contribution is -2.61. The van der Waals surface area contributed by atoms with E-state index in [-0.39, 0.29) is 87.8 Å². The number of phenolic OH excluding ortho intramolecular Hbond substituents is 4. The highest BCUT2D eigenvalue weighted by Gasteiger charge is 2.50. The third-order valence-electron chi connectivity index (χ3n) is 22.8. The minimum atomic E-state index is -1.13. The third kappa shape index (κ3) is 19.9. The number of piperidine rings is 2. The number of carbonyl (C=O) groups excluding carboxylic acids is 2. The molecule has 2 aliphatic heterocycles. The van der Waals surface area contributed by atoms with Gasteiger partial charge in [-0.1, -0.05) is 198 Å². The van der Waals surface area contributed by atoms with Crippen molar-refractivity contribution in [1.29, 1.82) is 0 Å². The first kappa shape index (κ1) is 88.3. The predicted octanol–water partition coefficient (Wildman–Crippen LogP) is 18.5. The van der Waals surface area contributed by atoms with Crippen molar-refractivity contribution in [3.63, 3.8) is 0 Å². The molecule has 1 atom stereocenters. The van der Waals surface area contributed by atoms with E-state index in [1.54, 1.807) is 0 Å². The molecule has 3 heterocycles. The summed E-state index contributed by atoms with van der Waals surface area (Å²) >= 11 is 0. The predicted molar refractivity (Wildman–Crippen MR) is 434 cm³/mol. The van der Waals surface area contributed by atoms with Crippen LogP contribution >= 0.6 is 0 Å². The molecule has 16 heteroatoms. The number of aromatic hydroxyl groups is 4. The molecule has 0 saturated carbocycles. The molecule has 0 aliphatic carbocycles. The Morgan fingerprint density at radius 2 is 0.585 bits per heavy atom. The zero-order valence-corrected chi connectivity index (χ0v) is 72.4. The molecule has 16 nitrogen and oxygen atoms in total. The Labute approximate surface area is 638 Å². The van der Waals surface area contributed by atoms with Crippen molar-refractivity contribution in [3.8, 4) is 23.0 Å². The van der Waals surface area contributed by atoms with E-state index in [0.29, 0.717) is 82.2 Å². The average molecular weight is 1470 g/mol. The summed E-state index contributed by atoms with van der Waals surface area (Å²) in [6, 6.07) is 15.1. The second kappa shape index (κ2) is 30.3. The number of phenols is 4. The fourth-order valence-electron chi connectivity index (χ4n) is 16.0. The molecule has 2 fully saturated rings. The number of benzene rings is 4. The van der Waals surface area contributed by atoms with Crippen LogP contribution in [-0.2, 0) is 82.0 Å². The van der Waals surface area contributed by atoms with Crippen LogP contribution in [0.4, 0.5) is 0 Å². The average Bonchev–Trinajstić information content (AvgIpc) is 0.773. The molecule has 592 valence electrons. The highest BCUT2D eigenvalue weighted by molar-refractivity contribution is 5.96. The van der Waals surface area contributed by atoms with Gasteiger partial charge in [0.2, 0.25) is 0 Å². The number of likely N-dealkylation sites (tertiary alicyclic amines) is 2. The monoisotopic (exact) mass is 1470 g/mol. The molecule has 5 aromatic rings. The Hall–Kier alpha value is -6.65. The standard InChI is InChI=1S/C48H69N3O6.C42H72N2O5/c1-43(2,3)31-19-28(20-32(37(31)52)44(4,5)6)25-49-40(55)50(26-29-21-33(45(7,8)9)38(53)34(22-29)46(10,11)12)42(57)51(41(49)56)27-30-23-35(47(13,14)15)39(54)36(24-30)48(16,17)18;1-18-19-20-30(27-21-31(37(2,3)4)34(45)32(22-27)38(5,6)7)33(35(46)48-28-23-39(8,9)43(16)40(10,11)24-28)36(47)49-29-25-41(12,13)44(17)42(14,15)26-29/h19-24,52-54H,25-27H2,1-18H3;21-22,28-30,33,45H,18-20,23-26H2,1-17H3. The Balaban J connectivity index is 0.000000336. The largest absolute Gasteiger partial charge is 0.507 e. The van der Waals surface area contributed by atoms with Crippen molar-refractivity contribution < 1.29 is 39.5 Å². The number of rotatable bonds is 15. The van der Waals surface area contributed by atoms with Crippen molar-refractivity contribution in [3.05, 3.63) is 147 Å². The van der Waals surface area contributed by atoms with Gasteiger partial charge in [0.05, 0.1) is 19.6 Å². The molecular formula is C90H141N5O11. The van der Waals surface area contributed by atoms with Crippen LogP contribution < -0.4 is 17.1 Å². The summed E-state index contributed by atoms with van der Waals surface area (Å²) < 4.78 is 16.2. The Kier molecular flexibility index (Phi) is 25.2. The molecule has 2 saturated heterocycles. The lowest BCUT2D eigenvalue weighted by molar-refractivity contribution is -0.178. The zero-order chi connectivity index (χ0) is 81.5. The maximum atomic E-state index is 14.7. The summed E-state index contributed by atoms with van der Waals surface area (Å²) in [7, 11) is 4.27. The van der Waals surface area contributed by atoms with Crippen molar-refractivity contribution in [2.24, 2.45) is 5.92 Å². The molecule has 4 N–H and O–H groups in total. The van der Waals surface area contributed by atoms with E-state index in [0.717, 1.165) is 43.2 Å². The van der Waals surface area contributed by atoms with Gasteiger partial charge >= 0.3 is 29.0 Å². The highest BCUT2D eigenvalue weighted by Crippen LogP contribution is 2.48. The van der Waals surface area contributed by atoms with E-state index in [1.165, 1.54) is 0 Å². The van der Waals surface area contributed by atoms with Gasteiger partial charge in [-0.3, -0.25) is 19.4 Å². The number of ether oxygens (including phenoxy) is 2. The lowest BCUT2D eigenvalue weighted by Gasteiger charge is -2.53. The summed E-state index contributed by atoms with van der Waals surface area (Å²) in [5, 5.41) is 45.9. The molecule has 0 amide bonds. The lowest BCUT2D eigenvalue weighted by atomic mass is 9.74. The van der Waals surface area contributed by atoms with Crippen LogP contribution in [0.15, 0.2) is 62.9 Å². The SMILES string of the molecule is CC(C)(C)c1cc(Cn2c(=O)n(Cc3cc(C(C)(C)C)c(O)c(C(C)(C)C)c3)c(=O)n(Cc3cc(C(C)(C)C)c(O)c(C(C)(C)C)c3)c2=O)cc(C(C)(C)C)c1O.CCCCC(c1cc(C(C)(C)C)c(O)c(C(C)(C)C)c1)C(C(=O)OC1CC(C)(C)N(C)C(C)(C)C1)C(=O)OC1CC(C)(C)N(C)C(C)(C)C1. The van der Waals surface area contributed by atoms with Crippen molar-refractivity contribution in [1.82, 2.24) is 23.5 Å². The van der Waals surface area contributed by atoms with Crippen LogP contribution in [0.3, 0.4) is 0 Å². The number of hydrogen-bond acceptors (Lipinski definition) is 13. The number of esters is 2. The number of unbranched alkanes of at least 4 members (excludes halogenated alkanes) is 1. The van der Waals surface area contributed by atoms with Crippen LogP contribution in [0.5, 0.6) is 23.0 Å². The molecule has 106 heavy (non-hydrogen) atoms. The molecule has 4 aromatic carbocycles. The van der Waals surface area contributed by atoms with E-state index >= 15 is 0 Å². The molecule has 1 unspecified atom stereocenters. The molecule has 0 radical (unpaired) electrons. The van der Waals surface area contributed by atoms with E-state index < -0.39 is 73.3 Å². The van der Waals surface area contributed by atoms with Crippen LogP contribution in [0.1, 0.15) is 346 Å². The smallest absolute Gasteiger partial charge is 0.336 e. The quantitative estimate of drug-likeness (QED) is 0.0569. The Bertz CT molecular complexity index is 3700. The maximum Gasteiger partial charge on any atom is 0.336 e. The number of nitrogens with zero attached hydrogens (tertiary/aromatic N) is 5. The first-order chi connectivity index (χ1) is 47.6. The van der Waals surface area contributed by atoms with E-state index in [9.17, 15) is 44.4 Å². The minimum Gasteiger partial charge on any atom is -0.507 e. The molecular weight excluding hydrogens is 1330 g/mol. The molecule has 2 aliphatic rings. The van der Waals surface area contributed by atoms with Gasteiger partial charge < -0.3 is 29.9 Å². The van der Waals surface area contributed by atoms with Gasteiger partial charge in [0.25, 0.3) is 0 Å². The van der Waals surface area contributed by atoms with Gasteiger partial charge in [-0.05, 0) is 222 Å². The van der Waals surface area contributed by atoms with E-state index in [2.05, 4.69) is 128 Å². The zero-order valence-electron chi connectivity index (χ0n) is 72.4. The molecule has 7 rings (SSSR count). The van der Waals surface area contributed by atoms with Crippen LogP contribution in [0, 0.1) is 5.92 Å². The van der Waals surface area contributed by atoms with Gasteiger partial charge in [-0.15, -0.1) is 0 Å². The van der Waals surface area contributed by atoms with Crippen LogP contribution in [-0.4, -0.2) is 104 Å². The van der Waals surface area contributed by atoms with Crippen LogP contribution in [0.2, 0.25) is 0 Å². The molecule has 1 aromatic heterocycles. The van der Waals surface area contributed by atoms with Gasteiger partial charge in [0.15, 0.2) is 5.92 Å². The number of carbonyl (C=O) groups is 2. The maximum absolute atomic E-state index is 14.7. The number of hydrogen-bond donors (Lipinski definition) is 4. The van der Waals surface area contributed by atoms with Crippen LogP contribution in [0.25, 0.3) is 0 Å². The van der Waals surface area contributed by atoms with Gasteiger partial charge in [-0.2, -0.15) is 0 Å². The summed E-state index contributed by atoms with van der Waals surface area (Å²) in [5.41, 5.74) is 2.12. The molecule has 0 spiro atoms. The van der Waals surface area contributed by atoms with Gasteiger partial charge in [-0.25, -0.2) is 28.1 Å². The van der Waals surface area contributed by atoms with Gasteiger partial charge in [0.1, 0.15) is 35.2 Å². The van der Waals surface area contributed by atoms with Gasteiger partial charge in [0, 0.05) is 53.8 Å². The first-order valence-electron chi connectivity index (χ1n) is 38.9. The number of aromatic nitrogens is 3. The minimum absolute atomic E-state index is 0.142. The van der Waals surface area contributed by atoms with E-state index in [1.807, 2.05) is 173 Å². The Morgan fingerprint density at radius 1 is 0.387 bits per heavy atom. The summed E-state index contributed by atoms with van der Waals surface area (Å²) in [6.45, 7) is 67.8. The second-order valence-electron chi connectivity index (χ2n) is 42.2. The Morgan fingerprint density at radius 3 is 0.774 bits per heavy atom. The summed E-state index contributed by atoms with van der Waals surface area (Å²) in [4.78, 5) is 78.2. The van der Waals surface area contributed by atoms with Crippen molar-refractivity contribution in [2.75, 3.05) is 14.1 Å².